The molecule has 1 saturated heterocycles. The van der Waals surface area contributed by atoms with Crippen molar-refractivity contribution in [1.29, 1.82) is 0 Å². The lowest BCUT2D eigenvalue weighted by Crippen LogP contribution is -2.33. The molecule has 3 aromatic rings. The second-order valence-corrected chi connectivity index (χ2v) is 6.07. The number of aromatic nitrogens is 3. The van der Waals surface area contributed by atoms with Crippen LogP contribution in [0, 0.1) is 0 Å². The lowest BCUT2D eigenvalue weighted by molar-refractivity contribution is 0.0729. The molecule has 0 radical (unpaired) electrons. The summed E-state index contributed by atoms with van der Waals surface area (Å²) in [6, 6.07) is 9.68. The molecule has 0 spiro atoms. The number of fused-ring (bicyclic) bond motifs is 1. The molecule has 1 amide bonds. The fourth-order valence-electron chi connectivity index (χ4n) is 3.30. The molecule has 1 aliphatic rings. The molecular weight excluding hydrogens is 320 g/mol. The van der Waals surface area contributed by atoms with Crippen LogP contribution in [-0.2, 0) is 0 Å². The van der Waals surface area contributed by atoms with Gasteiger partial charge in [-0.3, -0.25) is 14.4 Å². The van der Waals surface area contributed by atoms with Gasteiger partial charge in [0.2, 0.25) is 5.56 Å². The topological polar surface area (TPSA) is 98.9 Å². The van der Waals surface area contributed by atoms with Crippen molar-refractivity contribution in [2.24, 2.45) is 0 Å². The normalized spacial score (nSPS) is 17.1. The van der Waals surface area contributed by atoms with E-state index in [-0.39, 0.29) is 23.1 Å². The van der Waals surface area contributed by atoms with Gasteiger partial charge < -0.3 is 14.9 Å². The number of nitrogens with zero attached hydrogens (tertiary/aromatic N) is 2. The average molecular weight is 336 g/mol. The first-order valence-corrected chi connectivity index (χ1v) is 8.12. The van der Waals surface area contributed by atoms with Crippen LogP contribution in [0.5, 0.6) is 0 Å². The number of hydrogen-bond donors (Lipinski definition) is 2. The smallest absolute Gasteiger partial charge is 0.258 e. The number of hydrogen-bond acceptors (Lipinski definition) is 4. The number of carbonyl (C=O) groups excluding carboxylic acids is 1. The standard InChI is InChI=1S/C18H16N4O3/c23-15-10-11(7-8-19-15)18(25)22-9-3-6-14(22)16-20-13-5-2-1-4-12(13)17(24)21-16/h1-2,4-5,7-8,10,14H,3,6,9H2,(H,19,23)(H,20,21,24). The Kier molecular flexibility index (Phi) is 3.68. The first-order valence-electron chi connectivity index (χ1n) is 8.12. The van der Waals surface area contributed by atoms with Crippen LogP contribution in [-0.4, -0.2) is 32.3 Å². The summed E-state index contributed by atoms with van der Waals surface area (Å²) < 4.78 is 0. The van der Waals surface area contributed by atoms with Gasteiger partial charge in [0.1, 0.15) is 5.82 Å². The van der Waals surface area contributed by atoms with Gasteiger partial charge in [-0.2, -0.15) is 0 Å². The van der Waals surface area contributed by atoms with E-state index in [9.17, 15) is 14.4 Å². The van der Waals surface area contributed by atoms with Crippen LogP contribution >= 0.6 is 0 Å². The molecular formula is C18H16N4O3. The third-order valence-corrected chi connectivity index (χ3v) is 4.48. The monoisotopic (exact) mass is 336 g/mol. The maximum atomic E-state index is 12.8. The van der Waals surface area contributed by atoms with Gasteiger partial charge in [-0.05, 0) is 31.0 Å². The molecule has 4 rings (SSSR count). The van der Waals surface area contributed by atoms with Gasteiger partial charge in [-0.15, -0.1) is 0 Å². The Morgan fingerprint density at radius 2 is 2.04 bits per heavy atom. The minimum Gasteiger partial charge on any atom is -0.329 e. The van der Waals surface area contributed by atoms with E-state index >= 15 is 0 Å². The summed E-state index contributed by atoms with van der Waals surface area (Å²) in [5.74, 6) is 0.254. The quantitative estimate of drug-likeness (QED) is 0.742. The number of para-hydroxylation sites is 1. The third kappa shape index (κ3) is 2.73. The minimum absolute atomic E-state index is 0.212. The van der Waals surface area contributed by atoms with Crippen LogP contribution < -0.4 is 11.1 Å². The van der Waals surface area contributed by atoms with Crippen molar-refractivity contribution in [1.82, 2.24) is 19.9 Å². The number of pyridine rings is 1. The van der Waals surface area contributed by atoms with Crippen LogP contribution in [0.1, 0.15) is 35.1 Å². The number of H-pyrrole nitrogens is 2. The number of aromatic amines is 2. The molecule has 0 bridgehead atoms. The highest BCUT2D eigenvalue weighted by Gasteiger charge is 2.32. The van der Waals surface area contributed by atoms with Crippen molar-refractivity contribution in [3.63, 3.8) is 0 Å². The van der Waals surface area contributed by atoms with E-state index in [0.717, 1.165) is 12.8 Å². The number of amides is 1. The highest BCUT2D eigenvalue weighted by Crippen LogP contribution is 2.31. The number of rotatable bonds is 2. The number of benzene rings is 1. The SMILES string of the molecule is O=C(c1cc[nH]c(=O)c1)N1CCCC1c1nc2ccccc2c(=O)[nH]1. The molecule has 0 aliphatic carbocycles. The number of carbonyl (C=O) groups is 1. The zero-order valence-corrected chi connectivity index (χ0v) is 13.4. The van der Waals surface area contributed by atoms with E-state index in [1.165, 1.54) is 12.3 Å². The Morgan fingerprint density at radius 1 is 1.20 bits per heavy atom. The molecule has 1 fully saturated rings. The van der Waals surface area contributed by atoms with E-state index in [4.69, 9.17) is 0 Å². The van der Waals surface area contributed by atoms with Crippen molar-refractivity contribution >= 4 is 16.8 Å². The summed E-state index contributed by atoms with van der Waals surface area (Å²) in [6.07, 6.45) is 2.99. The van der Waals surface area contributed by atoms with Crippen molar-refractivity contribution in [2.75, 3.05) is 6.54 Å². The fourth-order valence-corrected chi connectivity index (χ4v) is 3.30. The van der Waals surface area contributed by atoms with Gasteiger partial charge in [0.15, 0.2) is 0 Å². The summed E-state index contributed by atoms with van der Waals surface area (Å²) in [4.78, 5) is 48.1. The Balaban J connectivity index is 1.73. The van der Waals surface area contributed by atoms with Crippen LogP contribution in [0.2, 0.25) is 0 Å². The molecule has 1 unspecified atom stereocenters. The average Bonchev–Trinajstić information content (AvgIpc) is 3.11. The van der Waals surface area contributed by atoms with Gasteiger partial charge in [0.05, 0.1) is 16.9 Å². The summed E-state index contributed by atoms with van der Waals surface area (Å²) in [5.41, 5.74) is 0.408. The first kappa shape index (κ1) is 15.3. The van der Waals surface area contributed by atoms with E-state index in [0.29, 0.717) is 28.8 Å². The zero-order valence-electron chi connectivity index (χ0n) is 13.4. The van der Waals surface area contributed by atoms with Crippen molar-refractivity contribution in [2.45, 2.75) is 18.9 Å². The zero-order chi connectivity index (χ0) is 17.4. The molecule has 2 aromatic heterocycles. The predicted octanol–water partition coefficient (Wildman–Crippen LogP) is 1.59. The van der Waals surface area contributed by atoms with E-state index in [1.54, 1.807) is 29.2 Å². The molecule has 1 aromatic carbocycles. The van der Waals surface area contributed by atoms with Crippen LogP contribution in [0.15, 0.2) is 52.2 Å². The lowest BCUT2D eigenvalue weighted by atomic mass is 10.1. The molecule has 0 saturated carbocycles. The van der Waals surface area contributed by atoms with Crippen molar-refractivity contribution in [3.8, 4) is 0 Å². The maximum absolute atomic E-state index is 12.8. The predicted molar refractivity (Wildman–Crippen MR) is 92.4 cm³/mol. The summed E-state index contributed by atoms with van der Waals surface area (Å²) in [6.45, 7) is 0.562. The van der Waals surface area contributed by atoms with Crippen molar-refractivity contribution in [3.05, 3.63) is 74.7 Å². The van der Waals surface area contributed by atoms with Crippen LogP contribution in [0.25, 0.3) is 10.9 Å². The van der Waals surface area contributed by atoms with Crippen molar-refractivity contribution < 1.29 is 4.79 Å². The second kappa shape index (κ2) is 6.01. The highest BCUT2D eigenvalue weighted by atomic mass is 16.2. The van der Waals surface area contributed by atoms with Gasteiger partial charge in [0, 0.05) is 24.4 Å². The molecule has 1 atom stereocenters. The van der Waals surface area contributed by atoms with E-state index in [1.807, 2.05) is 6.07 Å². The Hall–Kier alpha value is -3.22. The van der Waals surface area contributed by atoms with E-state index in [2.05, 4.69) is 15.0 Å². The minimum atomic E-state index is -0.321. The first-order chi connectivity index (χ1) is 12.1. The molecule has 25 heavy (non-hydrogen) atoms. The second-order valence-electron chi connectivity index (χ2n) is 6.07. The Labute approximate surface area is 142 Å². The summed E-state index contributed by atoms with van der Waals surface area (Å²) in [5, 5.41) is 0.525. The lowest BCUT2D eigenvalue weighted by Gasteiger charge is -2.24. The molecule has 7 nitrogen and oxygen atoms in total. The molecule has 3 heterocycles. The molecule has 2 N–H and O–H groups in total. The summed E-state index contributed by atoms with van der Waals surface area (Å²) >= 11 is 0. The number of likely N-dealkylation sites (tertiary alicyclic amines) is 1. The summed E-state index contributed by atoms with van der Waals surface area (Å²) in [7, 11) is 0. The van der Waals surface area contributed by atoms with Gasteiger partial charge in [0.25, 0.3) is 11.5 Å². The molecule has 1 aliphatic heterocycles. The van der Waals surface area contributed by atoms with Gasteiger partial charge >= 0.3 is 0 Å². The maximum Gasteiger partial charge on any atom is 0.258 e. The van der Waals surface area contributed by atoms with Crippen LogP contribution in [0.4, 0.5) is 0 Å². The highest BCUT2D eigenvalue weighted by molar-refractivity contribution is 5.94. The van der Waals surface area contributed by atoms with Gasteiger partial charge in [-0.25, -0.2) is 4.98 Å². The molecule has 7 heteroatoms. The Morgan fingerprint density at radius 3 is 2.88 bits per heavy atom. The third-order valence-electron chi connectivity index (χ3n) is 4.48. The Bertz CT molecular complexity index is 1070. The fraction of sp³-hybridized carbons (Fsp3) is 0.222. The number of nitrogens with one attached hydrogen (secondary N) is 2. The van der Waals surface area contributed by atoms with Gasteiger partial charge in [-0.1, -0.05) is 12.1 Å². The molecule has 126 valence electrons. The largest absolute Gasteiger partial charge is 0.329 e. The van der Waals surface area contributed by atoms with E-state index < -0.39 is 0 Å². The van der Waals surface area contributed by atoms with Crippen LogP contribution in [0.3, 0.4) is 0 Å².